The van der Waals surface area contributed by atoms with Crippen LogP contribution >= 0.6 is 0 Å². The molecule has 0 saturated carbocycles. The molecule has 0 atom stereocenters. The number of methoxy groups -OCH3 is 2. The molecular weight excluding hydrogens is 280 g/mol. The van der Waals surface area contributed by atoms with Gasteiger partial charge in [-0.3, -0.25) is 0 Å². The molecule has 6 nitrogen and oxygen atoms in total. The molecule has 0 aliphatic rings. The molecule has 2 aromatic heterocycles. The van der Waals surface area contributed by atoms with E-state index in [1.54, 1.807) is 25.1 Å². The maximum absolute atomic E-state index is 5.30. The van der Waals surface area contributed by atoms with Crippen molar-refractivity contribution >= 4 is 11.5 Å². The number of anilines is 2. The Morgan fingerprint density at radius 3 is 2.59 bits per heavy atom. The van der Waals surface area contributed by atoms with Gasteiger partial charge in [0, 0.05) is 24.1 Å². The first kappa shape index (κ1) is 13.9. The van der Waals surface area contributed by atoms with E-state index in [4.69, 9.17) is 9.47 Å². The molecule has 0 amide bonds. The molecule has 112 valence electrons. The lowest BCUT2D eigenvalue weighted by atomic mass is 10.2. The third kappa shape index (κ3) is 2.85. The van der Waals surface area contributed by atoms with Crippen LogP contribution in [0, 0.1) is 0 Å². The lowest BCUT2D eigenvalue weighted by molar-refractivity contribution is 0.355. The Balaban J connectivity index is 1.86. The van der Waals surface area contributed by atoms with Gasteiger partial charge in [0.25, 0.3) is 0 Å². The maximum atomic E-state index is 5.30. The van der Waals surface area contributed by atoms with Crippen LogP contribution in [0.5, 0.6) is 11.5 Å². The summed E-state index contributed by atoms with van der Waals surface area (Å²) in [5, 5.41) is 7.42. The SMILES string of the molecule is COc1ccc(Nc2cccc(-n3cccn3)n2)cc1OC. The second-order valence-electron chi connectivity index (χ2n) is 4.53. The summed E-state index contributed by atoms with van der Waals surface area (Å²) in [7, 11) is 3.22. The van der Waals surface area contributed by atoms with Crippen molar-refractivity contribution < 1.29 is 9.47 Å². The summed E-state index contributed by atoms with van der Waals surface area (Å²) in [6.07, 6.45) is 3.57. The molecule has 2 heterocycles. The van der Waals surface area contributed by atoms with Gasteiger partial charge in [0.05, 0.1) is 14.2 Å². The van der Waals surface area contributed by atoms with Crippen LogP contribution in [-0.4, -0.2) is 29.0 Å². The number of hydrogen-bond donors (Lipinski definition) is 1. The minimum Gasteiger partial charge on any atom is -0.493 e. The molecule has 0 saturated heterocycles. The first-order valence-corrected chi connectivity index (χ1v) is 6.76. The van der Waals surface area contributed by atoms with Gasteiger partial charge in [0.1, 0.15) is 5.82 Å². The molecular formula is C16H16N4O2. The highest BCUT2D eigenvalue weighted by atomic mass is 16.5. The van der Waals surface area contributed by atoms with Crippen LogP contribution in [-0.2, 0) is 0 Å². The van der Waals surface area contributed by atoms with Crippen LogP contribution < -0.4 is 14.8 Å². The van der Waals surface area contributed by atoms with Gasteiger partial charge < -0.3 is 14.8 Å². The van der Waals surface area contributed by atoms with E-state index in [2.05, 4.69) is 15.4 Å². The molecule has 0 unspecified atom stereocenters. The van der Waals surface area contributed by atoms with E-state index < -0.39 is 0 Å². The summed E-state index contributed by atoms with van der Waals surface area (Å²) in [6.45, 7) is 0. The van der Waals surface area contributed by atoms with Crippen molar-refractivity contribution in [3.8, 4) is 17.3 Å². The van der Waals surface area contributed by atoms with Crippen molar-refractivity contribution in [1.82, 2.24) is 14.8 Å². The molecule has 0 aliphatic carbocycles. The number of ether oxygens (including phenoxy) is 2. The summed E-state index contributed by atoms with van der Waals surface area (Å²) < 4.78 is 12.2. The topological polar surface area (TPSA) is 61.2 Å². The molecule has 6 heteroatoms. The number of nitrogens with one attached hydrogen (secondary N) is 1. The van der Waals surface area contributed by atoms with E-state index in [1.165, 1.54) is 0 Å². The molecule has 0 radical (unpaired) electrons. The van der Waals surface area contributed by atoms with Crippen molar-refractivity contribution in [2.75, 3.05) is 19.5 Å². The van der Waals surface area contributed by atoms with Crippen LogP contribution in [0.3, 0.4) is 0 Å². The zero-order valence-electron chi connectivity index (χ0n) is 12.4. The predicted octanol–water partition coefficient (Wildman–Crippen LogP) is 3.03. The Morgan fingerprint density at radius 1 is 1.00 bits per heavy atom. The fraction of sp³-hybridized carbons (Fsp3) is 0.125. The highest BCUT2D eigenvalue weighted by molar-refractivity contribution is 5.61. The Bertz CT molecular complexity index is 757. The Kier molecular flexibility index (Phi) is 3.91. The first-order valence-electron chi connectivity index (χ1n) is 6.76. The molecule has 1 N–H and O–H groups in total. The van der Waals surface area contributed by atoms with Crippen LogP contribution in [0.1, 0.15) is 0 Å². The molecule has 0 spiro atoms. The summed E-state index contributed by atoms with van der Waals surface area (Å²) in [5.41, 5.74) is 0.864. The predicted molar refractivity (Wildman–Crippen MR) is 84.2 cm³/mol. The fourth-order valence-electron chi connectivity index (χ4n) is 2.09. The van der Waals surface area contributed by atoms with Crippen molar-refractivity contribution in [2.24, 2.45) is 0 Å². The van der Waals surface area contributed by atoms with Gasteiger partial charge in [0.15, 0.2) is 17.3 Å². The molecule has 0 bridgehead atoms. The third-order valence-corrected chi connectivity index (χ3v) is 3.13. The third-order valence-electron chi connectivity index (χ3n) is 3.13. The largest absolute Gasteiger partial charge is 0.493 e. The Labute approximate surface area is 128 Å². The summed E-state index contributed by atoms with van der Waals surface area (Å²) in [4.78, 5) is 4.53. The Morgan fingerprint density at radius 2 is 1.86 bits per heavy atom. The maximum Gasteiger partial charge on any atom is 0.162 e. The van der Waals surface area contributed by atoms with Crippen LogP contribution in [0.2, 0.25) is 0 Å². The van der Waals surface area contributed by atoms with E-state index in [9.17, 15) is 0 Å². The highest BCUT2D eigenvalue weighted by Crippen LogP contribution is 2.30. The molecule has 3 rings (SSSR count). The number of aromatic nitrogens is 3. The monoisotopic (exact) mass is 296 g/mol. The number of pyridine rings is 1. The zero-order chi connectivity index (χ0) is 15.4. The second kappa shape index (κ2) is 6.17. The zero-order valence-corrected chi connectivity index (χ0v) is 12.4. The van der Waals surface area contributed by atoms with Crippen LogP contribution in [0.15, 0.2) is 54.9 Å². The minimum atomic E-state index is 0.663. The van der Waals surface area contributed by atoms with Crippen molar-refractivity contribution in [3.05, 3.63) is 54.9 Å². The van der Waals surface area contributed by atoms with Gasteiger partial charge in [-0.1, -0.05) is 6.07 Å². The quantitative estimate of drug-likeness (QED) is 0.784. The normalized spacial score (nSPS) is 10.3. The van der Waals surface area contributed by atoms with E-state index >= 15 is 0 Å². The van der Waals surface area contributed by atoms with Crippen molar-refractivity contribution in [1.29, 1.82) is 0 Å². The number of hydrogen-bond acceptors (Lipinski definition) is 5. The molecule has 3 aromatic rings. The van der Waals surface area contributed by atoms with Gasteiger partial charge in [-0.15, -0.1) is 0 Å². The van der Waals surface area contributed by atoms with Gasteiger partial charge in [-0.05, 0) is 30.3 Å². The first-order chi connectivity index (χ1) is 10.8. The lowest BCUT2D eigenvalue weighted by Gasteiger charge is -2.11. The molecule has 22 heavy (non-hydrogen) atoms. The van der Waals surface area contributed by atoms with Gasteiger partial charge >= 0.3 is 0 Å². The smallest absolute Gasteiger partial charge is 0.162 e. The number of nitrogens with zero attached hydrogens (tertiary/aromatic N) is 3. The number of benzene rings is 1. The van der Waals surface area contributed by atoms with Crippen LogP contribution in [0.4, 0.5) is 11.5 Å². The summed E-state index contributed by atoms with van der Waals surface area (Å²) in [6, 6.07) is 13.2. The summed E-state index contributed by atoms with van der Waals surface area (Å²) in [5.74, 6) is 2.82. The average molecular weight is 296 g/mol. The highest BCUT2D eigenvalue weighted by Gasteiger charge is 2.06. The van der Waals surface area contributed by atoms with E-state index in [0.717, 1.165) is 17.3 Å². The second-order valence-corrected chi connectivity index (χ2v) is 4.53. The van der Waals surface area contributed by atoms with Crippen molar-refractivity contribution in [3.63, 3.8) is 0 Å². The molecule has 1 aromatic carbocycles. The van der Waals surface area contributed by atoms with Crippen LogP contribution in [0.25, 0.3) is 5.82 Å². The van der Waals surface area contributed by atoms with Gasteiger partial charge in [0.2, 0.25) is 0 Å². The standard InChI is InChI=1S/C16H16N4O2/c1-21-13-8-7-12(11-14(13)22-2)18-15-5-3-6-16(19-15)20-10-4-9-17-20/h3-11H,1-2H3,(H,18,19). The molecule has 0 aliphatic heterocycles. The van der Waals surface area contributed by atoms with E-state index in [-0.39, 0.29) is 0 Å². The van der Waals surface area contributed by atoms with E-state index in [1.807, 2.05) is 48.7 Å². The average Bonchev–Trinajstić information content (AvgIpc) is 3.09. The Hall–Kier alpha value is -3.02. The van der Waals surface area contributed by atoms with E-state index in [0.29, 0.717) is 11.5 Å². The van der Waals surface area contributed by atoms with Crippen molar-refractivity contribution in [2.45, 2.75) is 0 Å². The summed E-state index contributed by atoms with van der Waals surface area (Å²) >= 11 is 0. The minimum absolute atomic E-state index is 0.663. The van der Waals surface area contributed by atoms with Gasteiger partial charge in [-0.25, -0.2) is 9.67 Å². The lowest BCUT2D eigenvalue weighted by Crippen LogP contribution is -2.01. The molecule has 0 fully saturated rings. The fourth-order valence-corrected chi connectivity index (χ4v) is 2.09. The number of rotatable bonds is 5. The van der Waals surface area contributed by atoms with Gasteiger partial charge in [-0.2, -0.15) is 5.10 Å².